The fourth-order valence-corrected chi connectivity index (χ4v) is 2.51. The number of hydrogen-bond acceptors (Lipinski definition) is 2. The summed E-state index contributed by atoms with van der Waals surface area (Å²) in [5.41, 5.74) is 5.04. The van der Waals surface area contributed by atoms with Gasteiger partial charge in [-0.2, -0.15) is 0 Å². The van der Waals surface area contributed by atoms with Crippen LogP contribution in [-0.2, 0) is 11.2 Å². The Morgan fingerprint density at radius 3 is 2.79 bits per heavy atom. The molecule has 0 spiro atoms. The summed E-state index contributed by atoms with van der Waals surface area (Å²) < 4.78 is 0.628. The second-order valence-electron chi connectivity index (χ2n) is 4.57. The fourth-order valence-electron chi connectivity index (χ4n) is 2.09. The molecule has 0 atom stereocenters. The normalized spacial score (nSPS) is 10.7. The molecule has 1 aromatic heterocycles. The van der Waals surface area contributed by atoms with E-state index in [9.17, 15) is 4.79 Å². The molecule has 0 saturated heterocycles. The van der Waals surface area contributed by atoms with Gasteiger partial charge in [0.05, 0.1) is 12.1 Å². The molecule has 0 saturated carbocycles. The minimum absolute atomic E-state index is 0.0898. The average molecular weight is 323 g/mol. The van der Waals surface area contributed by atoms with Gasteiger partial charge < -0.3 is 10.1 Å². The lowest BCUT2D eigenvalue weighted by atomic mass is 10.0. The minimum atomic E-state index is -0.808. The van der Waals surface area contributed by atoms with Gasteiger partial charge in [-0.3, -0.25) is 4.79 Å². The summed E-state index contributed by atoms with van der Waals surface area (Å²) in [6.07, 6.45) is 0.531. The number of aromatic nitrogens is 2. The maximum atomic E-state index is 10.7. The van der Waals surface area contributed by atoms with Crippen LogP contribution < -0.4 is 0 Å². The Morgan fingerprint density at radius 1 is 1.42 bits per heavy atom. The molecule has 2 rings (SSSR count). The van der Waals surface area contributed by atoms with Crippen molar-refractivity contribution in [2.24, 2.45) is 0 Å². The molecule has 19 heavy (non-hydrogen) atoms. The van der Waals surface area contributed by atoms with E-state index in [1.54, 1.807) is 0 Å². The van der Waals surface area contributed by atoms with Crippen molar-refractivity contribution in [2.45, 2.75) is 26.7 Å². The predicted molar refractivity (Wildman–Crippen MR) is 77.2 cm³/mol. The van der Waals surface area contributed by atoms with E-state index in [1.807, 2.05) is 26.0 Å². The topological polar surface area (TPSA) is 66.0 Å². The van der Waals surface area contributed by atoms with Gasteiger partial charge in [0.15, 0.2) is 4.73 Å². The Bertz CT molecular complexity index is 620. The van der Waals surface area contributed by atoms with E-state index >= 15 is 0 Å². The first-order valence-corrected chi connectivity index (χ1v) is 6.80. The van der Waals surface area contributed by atoms with Crippen LogP contribution in [0.3, 0.4) is 0 Å². The van der Waals surface area contributed by atoms with Crippen LogP contribution in [0.25, 0.3) is 11.3 Å². The van der Waals surface area contributed by atoms with Gasteiger partial charge in [-0.05, 0) is 35.3 Å². The lowest BCUT2D eigenvalue weighted by molar-refractivity contribution is -0.136. The zero-order valence-corrected chi connectivity index (χ0v) is 12.4. The Hall–Kier alpha value is -1.62. The SMILES string of the molecule is Cc1ccc(-c2nc(Br)[nH]c2CCC(=O)O)c(C)c1. The number of nitrogens with one attached hydrogen (secondary N) is 1. The molecular formula is C14H15BrN2O2. The van der Waals surface area contributed by atoms with Crippen molar-refractivity contribution < 1.29 is 9.90 Å². The number of halogens is 1. The van der Waals surface area contributed by atoms with Crippen LogP contribution >= 0.6 is 15.9 Å². The molecule has 0 aliphatic carbocycles. The zero-order valence-electron chi connectivity index (χ0n) is 10.8. The Labute approximate surface area is 120 Å². The molecule has 0 amide bonds. The highest BCUT2D eigenvalue weighted by Gasteiger charge is 2.14. The minimum Gasteiger partial charge on any atom is -0.481 e. The molecule has 0 bridgehead atoms. The molecule has 5 heteroatoms. The van der Waals surface area contributed by atoms with Gasteiger partial charge in [-0.25, -0.2) is 4.98 Å². The number of rotatable bonds is 4. The van der Waals surface area contributed by atoms with Gasteiger partial charge in [0.1, 0.15) is 0 Å². The van der Waals surface area contributed by atoms with Crippen LogP contribution in [0.5, 0.6) is 0 Å². The number of H-pyrrole nitrogens is 1. The van der Waals surface area contributed by atoms with E-state index in [4.69, 9.17) is 5.11 Å². The van der Waals surface area contributed by atoms with Crippen molar-refractivity contribution in [1.82, 2.24) is 9.97 Å². The molecule has 0 radical (unpaired) electrons. The van der Waals surface area contributed by atoms with Crippen LogP contribution in [-0.4, -0.2) is 21.0 Å². The molecular weight excluding hydrogens is 308 g/mol. The van der Waals surface area contributed by atoms with E-state index in [0.717, 1.165) is 22.5 Å². The van der Waals surface area contributed by atoms with Crippen molar-refractivity contribution in [3.05, 3.63) is 39.8 Å². The highest BCUT2D eigenvalue weighted by atomic mass is 79.9. The smallest absolute Gasteiger partial charge is 0.303 e. The Balaban J connectivity index is 2.40. The van der Waals surface area contributed by atoms with Crippen molar-refractivity contribution in [3.63, 3.8) is 0 Å². The molecule has 0 fully saturated rings. The monoisotopic (exact) mass is 322 g/mol. The van der Waals surface area contributed by atoms with E-state index < -0.39 is 5.97 Å². The maximum Gasteiger partial charge on any atom is 0.303 e. The molecule has 2 aromatic rings. The second kappa shape index (κ2) is 5.57. The van der Waals surface area contributed by atoms with Gasteiger partial charge in [0, 0.05) is 17.7 Å². The highest BCUT2D eigenvalue weighted by molar-refractivity contribution is 9.10. The summed E-state index contributed by atoms with van der Waals surface area (Å²) in [6, 6.07) is 6.16. The summed E-state index contributed by atoms with van der Waals surface area (Å²) in [4.78, 5) is 18.2. The van der Waals surface area contributed by atoms with Gasteiger partial charge >= 0.3 is 5.97 Å². The third-order valence-corrected chi connectivity index (χ3v) is 3.35. The largest absolute Gasteiger partial charge is 0.481 e. The number of aromatic amines is 1. The lowest BCUT2D eigenvalue weighted by Crippen LogP contribution is -1.99. The molecule has 1 aromatic carbocycles. The third kappa shape index (κ3) is 3.23. The zero-order chi connectivity index (χ0) is 14.0. The third-order valence-electron chi connectivity index (χ3n) is 2.98. The first-order chi connectivity index (χ1) is 8.97. The first-order valence-electron chi connectivity index (χ1n) is 6.01. The molecule has 0 aliphatic rings. The standard InChI is InChI=1S/C14H15BrN2O2/c1-8-3-4-10(9(2)7-8)13-11(5-6-12(18)19)16-14(15)17-13/h3-4,7H,5-6H2,1-2H3,(H,16,17)(H,18,19). The summed E-state index contributed by atoms with van der Waals surface area (Å²) in [5, 5.41) is 8.79. The first kappa shape index (κ1) is 13.8. The number of nitrogens with zero attached hydrogens (tertiary/aromatic N) is 1. The van der Waals surface area contributed by atoms with E-state index in [1.165, 1.54) is 5.56 Å². The van der Waals surface area contributed by atoms with Crippen LogP contribution in [0, 0.1) is 13.8 Å². The number of benzene rings is 1. The van der Waals surface area contributed by atoms with Crippen molar-refractivity contribution >= 4 is 21.9 Å². The molecule has 4 nitrogen and oxygen atoms in total. The maximum absolute atomic E-state index is 10.7. The van der Waals surface area contributed by atoms with Gasteiger partial charge in [-0.1, -0.05) is 23.8 Å². The number of hydrogen-bond donors (Lipinski definition) is 2. The number of aliphatic carboxylic acids is 1. The fraction of sp³-hybridized carbons (Fsp3) is 0.286. The lowest BCUT2D eigenvalue weighted by Gasteiger charge is -2.06. The van der Waals surface area contributed by atoms with Gasteiger partial charge in [0.2, 0.25) is 0 Å². The highest BCUT2D eigenvalue weighted by Crippen LogP contribution is 2.28. The number of carboxylic acids is 1. The van der Waals surface area contributed by atoms with Crippen molar-refractivity contribution in [1.29, 1.82) is 0 Å². The average Bonchev–Trinajstić information content (AvgIpc) is 2.67. The van der Waals surface area contributed by atoms with Gasteiger partial charge in [0.25, 0.3) is 0 Å². The van der Waals surface area contributed by atoms with E-state index in [-0.39, 0.29) is 6.42 Å². The summed E-state index contributed by atoms with van der Waals surface area (Å²) in [6.45, 7) is 4.08. The second-order valence-corrected chi connectivity index (χ2v) is 5.32. The van der Waals surface area contributed by atoms with Gasteiger partial charge in [-0.15, -0.1) is 0 Å². The molecule has 100 valence electrons. The molecule has 0 aliphatic heterocycles. The van der Waals surface area contributed by atoms with E-state index in [0.29, 0.717) is 11.2 Å². The van der Waals surface area contributed by atoms with Crippen molar-refractivity contribution in [2.75, 3.05) is 0 Å². The molecule has 1 heterocycles. The summed E-state index contributed by atoms with van der Waals surface area (Å²) in [7, 11) is 0. The van der Waals surface area contributed by atoms with Crippen LogP contribution in [0.1, 0.15) is 23.2 Å². The summed E-state index contributed by atoms with van der Waals surface area (Å²) >= 11 is 3.31. The van der Waals surface area contributed by atoms with Crippen LogP contribution in [0.4, 0.5) is 0 Å². The summed E-state index contributed by atoms with van der Waals surface area (Å²) in [5.74, 6) is -0.808. The van der Waals surface area contributed by atoms with Crippen LogP contribution in [0.2, 0.25) is 0 Å². The number of imidazole rings is 1. The predicted octanol–water partition coefficient (Wildman–Crippen LogP) is 3.47. The quantitative estimate of drug-likeness (QED) is 0.905. The Morgan fingerprint density at radius 2 is 2.16 bits per heavy atom. The molecule has 2 N–H and O–H groups in total. The van der Waals surface area contributed by atoms with Crippen molar-refractivity contribution in [3.8, 4) is 11.3 Å². The Kier molecular flexibility index (Phi) is 4.04. The van der Waals surface area contributed by atoms with E-state index in [2.05, 4.69) is 32.0 Å². The number of carbonyl (C=O) groups is 1. The molecule has 0 unspecified atom stereocenters. The van der Waals surface area contributed by atoms with Crippen LogP contribution in [0.15, 0.2) is 22.9 Å². The number of aryl methyl sites for hydroxylation is 3. The number of carboxylic acid groups (broad SMARTS) is 1.